The van der Waals surface area contributed by atoms with Gasteiger partial charge in [-0.2, -0.15) is 0 Å². The van der Waals surface area contributed by atoms with Gasteiger partial charge < -0.3 is 10.0 Å². The van der Waals surface area contributed by atoms with Gasteiger partial charge in [-0.3, -0.25) is 19.2 Å². The molecule has 1 heterocycles. The molecule has 1 unspecified atom stereocenters. The molecule has 0 aromatic heterocycles. The Morgan fingerprint density at radius 3 is 2.39 bits per heavy atom. The third-order valence-corrected chi connectivity index (χ3v) is 6.92. The maximum Gasteiger partial charge on any atom is 0.247 e. The molecular formula is C30H25ClFNO5. The summed E-state index contributed by atoms with van der Waals surface area (Å²) in [6.45, 7) is 2.88. The molecule has 6 nitrogen and oxygen atoms in total. The zero-order valence-corrected chi connectivity index (χ0v) is 21.6. The van der Waals surface area contributed by atoms with Crippen LogP contribution >= 0.6 is 11.6 Å². The molecular weight excluding hydrogens is 509 g/mol. The summed E-state index contributed by atoms with van der Waals surface area (Å²) in [5.74, 6) is -2.10. The molecule has 1 atom stereocenters. The Labute approximate surface area is 224 Å². The summed E-state index contributed by atoms with van der Waals surface area (Å²) in [5, 5.41) is 10.2. The second kappa shape index (κ2) is 11.1. The van der Waals surface area contributed by atoms with Crippen molar-refractivity contribution in [3.63, 3.8) is 0 Å². The van der Waals surface area contributed by atoms with Crippen LogP contribution in [0, 0.1) is 5.82 Å². The smallest absolute Gasteiger partial charge is 0.247 e. The molecule has 1 amide bonds. The van der Waals surface area contributed by atoms with Gasteiger partial charge in [0.2, 0.25) is 5.91 Å². The van der Waals surface area contributed by atoms with Crippen LogP contribution in [0.25, 0.3) is 6.08 Å². The quantitative estimate of drug-likeness (QED) is 0.318. The van der Waals surface area contributed by atoms with E-state index in [1.54, 1.807) is 36.4 Å². The number of halogens is 2. The van der Waals surface area contributed by atoms with Gasteiger partial charge >= 0.3 is 0 Å². The minimum atomic E-state index is -0.994. The number of carbonyl (C=O) groups is 4. The van der Waals surface area contributed by atoms with Gasteiger partial charge in [-0.25, -0.2) is 4.39 Å². The third kappa shape index (κ3) is 5.43. The Balaban J connectivity index is 1.68. The number of amides is 1. The molecule has 0 radical (unpaired) electrons. The van der Waals surface area contributed by atoms with Crippen molar-refractivity contribution < 1.29 is 28.7 Å². The highest BCUT2D eigenvalue weighted by molar-refractivity contribution is 6.31. The maximum atomic E-state index is 14.7. The molecule has 38 heavy (non-hydrogen) atoms. The number of rotatable bonds is 7. The van der Waals surface area contributed by atoms with Crippen LogP contribution in [0.15, 0.2) is 60.7 Å². The van der Waals surface area contributed by atoms with E-state index in [-0.39, 0.29) is 52.2 Å². The molecule has 3 aromatic carbocycles. The summed E-state index contributed by atoms with van der Waals surface area (Å²) < 4.78 is 14.7. The molecule has 194 valence electrons. The number of hydrogen-bond donors (Lipinski definition) is 1. The normalized spacial score (nSPS) is 14.8. The Bertz CT molecular complexity index is 1480. The van der Waals surface area contributed by atoms with E-state index >= 15 is 0 Å². The largest absolute Gasteiger partial charge is 0.508 e. The van der Waals surface area contributed by atoms with Crippen LogP contribution in [0.5, 0.6) is 5.75 Å². The summed E-state index contributed by atoms with van der Waals surface area (Å²) in [5.41, 5.74) is 2.26. The van der Waals surface area contributed by atoms with E-state index in [9.17, 15) is 28.7 Å². The number of Topliss-reactive ketones (excluding diaryl/α,β-unsaturated/α-hetero) is 3. The molecule has 1 aliphatic heterocycles. The Morgan fingerprint density at radius 2 is 1.74 bits per heavy atom. The lowest BCUT2D eigenvalue weighted by Gasteiger charge is -2.36. The van der Waals surface area contributed by atoms with Crippen molar-refractivity contribution >= 4 is 40.9 Å². The van der Waals surface area contributed by atoms with E-state index in [4.69, 9.17) is 11.6 Å². The molecule has 1 aliphatic rings. The van der Waals surface area contributed by atoms with Gasteiger partial charge in [0.15, 0.2) is 17.3 Å². The standard InChI is InChI=1S/C30H25ClFNO5/c1-17(34)20-8-6-19(7-9-20)16-27(37)30-24-4-3-5-26(36)22(24)14-15-33(30)28(38)13-11-23-21(18(2)35)10-12-25(31)29(23)32/h3-13,30,36H,14-16H2,1-2H3/b13-11+. The highest BCUT2D eigenvalue weighted by Gasteiger charge is 2.36. The molecule has 4 rings (SSSR count). The molecule has 0 aliphatic carbocycles. The Hall–Kier alpha value is -4.10. The van der Waals surface area contributed by atoms with Gasteiger partial charge in [0, 0.05) is 41.3 Å². The second-order valence-electron chi connectivity index (χ2n) is 9.14. The van der Waals surface area contributed by atoms with Crippen LogP contribution in [0.1, 0.15) is 62.9 Å². The third-order valence-electron chi connectivity index (χ3n) is 6.63. The average Bonchev–Trinajstić information content (AvgIpc) is 2.88. The Kier molecular flexibility index (Phi) is 7.88. The first-order valence-electron chi connectivity index (χ1n) is 12.0. The molecule has 0 spiro atoms. The van der Waals surface area contributed by atoms with Gasteiger partial charge in [-0.15, -0.1) is 0 Å². The highest BCUT2D eigenvalue weighted by Crippen LogP contribution is 2.36. The number of ketones is 3. The first-order chi connectivity index (χ1) is 18.1. The molecule has 0 fully saturated rings. The number of carbonyl (C=O) groups excluding carboxylic acids is 4. The predicted molar refractivity (Wildman–Crippen MR) is 142 cm³/mol. The number of hydrogen-bond acceptors (Lipinski definition) is 5. The molecule has 0 saturated heterocycles. The predicted octanol–water partition coefficient (Wildman–Crippen LogP) is 5.54. The molecule has 0 saturated carbocycles. The number of phenols is 1. The minimum Gasteiger partial charge on any atom is -0.508 e. The topological polar surface area (TPSA) is 91.8 Å². The number of phenolic OH excluding ortho intramolecular Hbond substituents is 1. The van der Waals surface area contributed by atoms with Crippen molar-refractivity contribution in [2.75, 3.05) is 6.54 Å². The lowest BCUT2D eigenvalue weighted by Crippen LogP contribution is -2.43. The van der Waals surface area contributed by atoms with E-state index in [2.05, 4.69) is 0 Å². The number of fused-ring (bicyclic) bond motifs is 1. The van der Waals surface area contributed by atoms with E-state index in [1.165, 1.54) is 43.0 Å². The number of benzene rings is 3. The maximum absolute atomic E-state index is 14.7. The van der Waals surface area contributed by atoms with Crippen molar-refractivity contribution in [2.24, 2.45) is 0 Å². The summed E-state index contributed by atoms with van der Waals surface area (Å²) in [6, 6.07) is 13.2. The lowest BCUT2D eigenvalue weighted by molar-refractivity contribution is -0.136. The molecule has 1 N–H and O–H groups in total. The summed E-state index contributed by atoms with van der Waals surface area (Å²) in [7, 11) is 0. The SMILES string of the molecule is CC(=O)c1ccc(CC(=O)C2c3cccc(O)c3CCN2C(=O)/C=C/c2c(C(C)=O)ccc(Cl)c2F)cc1. The van der Waals surface area contributed by atoms with Gasteiger partial charge in [0.05, 0.1) is 5.02 Å². The van der Waals surface area contributed by atoms with Crippen LogP contribution < -0.4 is 0 Å². The van der Waals surface area contributed by atoms with Crippen LogP contribution in [0.4, 0.5) is 4.39 Å². The van der Waals surface area contributed by atoms with Crippen LogP contribution in [-0.4, -0.2) is 39.8 Å². The Morgan fingerprint density at radius 1 is 1.03 bits per heavy atom. The minimum absolute atomic E-state index is 0.0111. The van der Waals surface area contributed by atoms with Crippen molar-refractivity contribution in [3.8, 4) is 5.75 Å². The summed E-state index contributed by atoms with van der Waals surface area (Å²) >= 11 is 5.89. The first kappa shape index (κ1) is 26.9. The van der Waals surface area contributed by atoms with E-state index in [0.717, 1.165) is 6.08 Å². The lowest BCUT2D eigenvalue weighted by atomic mass is 9.87. The van der Waals surface area contributed by atoms with Gasteiger partial charge in [0.1, 0.15) is 17.6 Å². The van der Waals surface area contributed by atoms with Crippen molar-refractivity contribution in [1.82, 2.24) is 4.90 Å². The van der Waals surface area contributed by atoms with E-state index in [1.807, 2.05) is 0 Å². The average molecular weight is 534 g/mol. The van der Waals surface area contributed by atoms with E-state index in [0.29, 0.717) is 28.7 Å². The van der Waals surface area contributed by atoms with Crippen LogP contribution in [0.3, 0.4) is 0 Å². The van der Waals surface area contributed by atoms with Gasteiger partial charge in [0.25, 0.3) is 0 Å². The van der Waals surface area contributed by atoms with Crippen LogP contribution in [-0.2, 0) is 22.4 Å². The monoisotopic (exact) mass is 533 g/mol. The fraction of sp³-hybridized carbons (Fsp3) is 0.200. The zero-order valence-electron chi connectivity index (χ0n) is 20.8. The van der Waals surface area contributed by atoms with Crippen molar-refractivity contribution in [2.45, 2.75) is 32.7 Å². The van der Waals surface area contributed by atoms with Crippen molar-refractivity contribution in [1.29, 1.82) is 0 Å². The van der Waals surface area contributed by atoms with Crippen LogP contribution in [0.2, 0.25) is 5.02 Å². The summed E-state index contributed by atoms with van der Waals surface area (Å²) in [6.07, 6.45) is 2.63. The second-order valence-corrected chi connectivity index (χ2v) is 9.54. The molecule has 8 heteroatoms. The molecule has 0 bridgehead atoms. The van der Waals surface area contributed by atoms with Crippen molar-refractivity contribution in [3.05, 3.63) is 105 Å². The first-order valence-corrected chi connectivity index (χ1v) is 12.4. The summed E-state index contributed by atoms with van der Waals surface area (Å²) in [4.78, 5) is 51.9. The highest BCUT2D eigenvalue weighted by atomic mass is 35.5. The number of aromatic hydroxyl groups is 1. The van der Waals surface area contributed by atoms with Gasteiger partial charge in [-0.05, 0) is 55.7 Å². The fourth-order valence-corrected chi connectivity index (χ4v) is 4.84. The number of nitrogens with zero attached hydrogens (tertiary/aromatic N) is 1. The zero-order chi connectivity index (χ0) is 27.6. The molecule has 3 aromatic rings. The fourth-order valence-electron chi connectivity index (χ4n) is 4.68. The van der Waals surface area contributed by atoms with Gasteiger partial charge in [-0.1, -0.05) is 48.0 Å². The van der Waals surface area contributed by atoms with E-state index < -0.39 is 17.8 Å².